The molecule has 0 spiro atoms. The highest BCUT2D eigenvalue weighted by Gasteiger charge is 2.10. The number of aryl methyl sites for hydroxylation is 2. The summed E-state index contributed by atoms with van der Waals surface area (Å²) in [5, 5.41) is 8.28. The van der Waals surface area contributed by atoms with Gasteiger partial charge in [-0.05, 0) is 19.9 Å². The summed E-state index contributed by atoms with van der Waals surface area (Å²) in [5.74, 6) is 0.758. The summed E-state index contributed by atoms with van der Waals surface area (Å²) in [6, 6.07) is 2.04. The van der Waals surface area contributed by atoms with Crippen LogP contribution in [0.25, 0.3) is 21.6 Å². The van der Waals surface area contributed by atoms with Gasteiger partial charge in [-0.15, -0.1) is 22.7 Å². The van der Waals surface area contributed by atoms with Crippen LogP contribution >= 0.6 is 22.7 Å². The van der Waals surface area contributed by atoms with Crippen LogP contribution < -0.4 is 5.32 Å². The summed E-state index contributed by atoms with van der Waals surface area (Å²) < 4.78 is 0. The van der Waals surface area contributed by atoms with E-state index in [1.807, 2.05) is 31.5 Å². The molecule has 0 unspecified atom stereocenters. The highest BCUT2D eigenvalue weighted by molar-refractivity contribution is 7.14. The van der Waals surface area contributed by atoms with Crippen molar-refractivity contribution in [1.29, 1.82) is 0 Å². The number of hydrogen-bond donors (Lipinski definition) is 1. The van der Waals surface area contributed by atoms with Crippen LogP contribution in [0.15, 0.2) is 30.2 Å². The molecule has 1 N–H and O–H groups in total. The van der Waals surface area contributed by atoms with E-state index in [1.165, 1.54) is 11.2 Å². The molecule has 6 nitrogen and oxygen atoms in total. The van der Waals surface area contributed by atoms with Gasteiger partial charge in [0.2, 0.25) is 0 Å². The number of thiazole rings is 2. The van der Waals surface area contributed by atoms with E-state index < -0.39 is 0 Å². The van der Waals surface area contributed by atoms with Crippen LogP contribution in [0.4, 0.5) is 5.82 Å². The summed E-state index contributed by atoms with van der Waals surface area (Å²) >= 11 is 3.29. The Kier molecular flexibility index (Phi) is 3.91. The van der Waals surface area contributed by atoms with E-state index >= 15 is 0 Å². The van der Waals surface area contributed by atoms with Gasteiger partial charge in [0.15, 0.2) is 5.65 Å². The van der Waals surface area contributed by atoms with Crippen molar-refractivity contribution in [3.05, 3.63) is 45.7 Å². The number of anilines is 1. The fourth-order valence-corrected chi connectivity index (χ4v) is 3.71. The van der Waals surface area contributed by atoms with Gasteiger partial charge in [0, 0.05) is 28.2 Å². The molecular weight excluding hydrogens is 340 g/mol. The standard InChI is InChI=1S/C16H14N6S2/c1-9-4-19-16(24-9)11-3-13-14(17-5-11)20-8-21-15(13)18-6-12-7-23-10(2)22-12/h3-5,7-8H,6H2,1-2H3,(H,17,18,20,21). The molecule has 0 aliphatic heterocycles. The molecule has 0 radical (unpaired) electrons. The van der Waals surface area contributed by atoms with Crippen molar-refractivity contribution in [2.75, 3.05) is 5.32 Å². The maximum atomic E-state index is 4.46. The minimum atomic E-state index is 0.622. The monoisotopic (exact) mass is 354 g/mol. The van der Waals surface area contributed by atoms with Gasteiger partial charge in [0.05, 0.1) is 22.6 Å². The second-order valence-electron chi connectivity index (χ2n) is 5.30. The van der Waals surface area contributed by atoms with E-state index in [9.17, 15) is 0 Å². The molecule has 4 rings (SSSR count). The Bertz CT molecular complexity index is 1010. The maximum Gasteiger partial charge on any atom is 0.164 e. The van der Waals surface area contributed by atoms with Gasteiger partial charge in [-0.25, -0.2) is 24.9 Å². The molecule has 0 fully saturated rings. The number of fused-ring (bicyclic) bond motifs is 1. The Labute approximate surface area is 146 Å². The van der Waals surface area contributed by atoms with Crippen LogP contribution in [0, 0.1) is 13.8 Å². The summed E-state index contributed by atoms with van der Waals surface area (Å²) in [4.78, 5) is 23.1. The Hall–Kier alpha value is -2.45. The minimum Gasteiger partial charge on any atom is -0.364 e. The lowest BCUT2D eigenvalue weighted by Crippen LogP contribution is -2.03. The van der Waals surface area contributed by atoms with Crippen LogP contribution in [-0.2, 0) is 6.54 Å². The van der Waals surface area contributed by atoms with Gasteiger partial charge in [-0.1, -0.05) is 0 Å². The summed E-state index contributed by atoms with van der Waals surface area (Å²) in [5.41, 5.74) is 2.64. The van der Waals surface area contributed by atoms with Crippen LogP contribution in [0.1, 0.15) is 15.6 Å². The predicted octanol–water partition coefficient (Wildman–Crippen LogP) is 3.83. The molecule has 0 atom stereocenters. The molecular formula is C16H14N6S2. The molecule has 0 aromatic carbocycles. The molecule has 8 heteroatoms. The Balaban J connectivity index is 1.69. The number of nitrogens with one attached hydrogen (secondary N) is 1. The lowest BCUT2D eigenvalue weighted by Gasteiger charge is -2.07. The maximum absolute atomic E-state index is 4.46. The molecule has 120 valence electrons. The van der Waals surface area contributed by atoms with Gasteiger partial charge >= 0.3 is 0 Å². The first kappa shape index (κ1) is 15.1. The van der Waals surface area contributed by atoms with Gasteiger partial charge < -0.3 is 5.32 Å². The molecule has 0 saturated heterocycles. The Morgan fingerprint density at radius 2 is 2.00 bits per heavy atom. The number of aromatic nitrogens is 5. The second kappa shape index (κ2) is 6.21. The number of pyridine rings is 1. The van der Waals surface area contributed by atoms with Crippen molar-refractivity contribution in [1.82, 2.24) is 24.9 Å². The highest BCUT2D eigenvalue weighted by atomic mass is 32.1. The zero-order valence-electron chi connectivity index (χ0n) is 13.1. The normalized spacial score (nSPS) is 11.1. The van der Waals surface area contributed by atoms with E-state index in [0.717, 1.165) is 32.5 Å². The van der Waals surface area contributed by atoms with Crippen molar-refractivity contribution in [3.63, 3.8) is 0 Å². The van der Waals surface area contributed by atoms with Crippen molar-refractivity contribution in [3.8, 4) is 10.6 Å². The third-order valence-electron chi connectivity index (χ3n) is 3.46. The van der Waals surface area contributed by atoms with Crippen LogP contribution in [-0.4, -0.2) is 24.9 Å². The number of hydrogen-bond acceptors (Lipinski definition) is 8. The third kappa shape index (κ3) is 2.98. The Morgan fingerprint density at radius 1 is 1.08 bits per heavy atom. The van der Waals surface area contributed by atoms with Gasteiger partial charge in [-0.2, -0.15) is 0 Å². The average Bonchev–Trinajstić information content (AvgIpc) is 3.21. The topological polar surface area (TPSA) is 76.5 Å². The van der Waals surface area contributed by atoms with E-state index in [0.29, 0.717) is 12.2 Å². The summed E-state index contributed by atoms with van der Waals surface area (Å²) in [6.45, 7) is 4.67. The SMILES string of the molecule is Cc1cnc(-c2cnc3ncnc(NCc4csc(C)n4)c3c2)s1. The van der Waals surface area contributed by atoms with Gasteiger partial charge in [0.25, 0.3) is 0 Å². The molecule has 0 amide bonds. The molecule has 4 heterocycles. The lowest BCUT2D eigenvalue weighted by atomic mass is 10.2. The van der Waals surface area contributed by atoms with Gasteiger partial charge in [-0.3, -0.25) is 0 Å². The zero-order chi connectivity index (χ0) is 16.5. The molecule has 4 aromatic rings. The largest absolute Gasteiger partial charge is 0.364 e. The van der Waals surface area contributed by atoms with Crippen LogP contribution in [0.5, 0.6) is 0 Å². The first-order valence-corrected chi connectivity index (χ1v) is 9.07. The highest BCUT2D eigenvalue weighted by Crippen LogP contribution is 2.28. The van der Waals surface area contributed by atoms with Crippen LogP contribution in [0.2, 0.25) is 0 Å². The van der Waals surface area contributed by atoms with E-state index in [2.05, 4.69) is 30.2 Å². The van der Waals surface area contributed by atoms with Crippen molar-refractivity contribution in [2.45, 2.75) is 20.4 Å². The second-order valence-corrected chi connectivity index (χ2v) is 7.60. The fourth-order valence-electron chi connectivity index (χ4n) is 2.36. The molecule has 4 aromatic heterocycles. The lowest BCUT2D eigenvalue weighted by molar-refractivity contribution is 1.03. The van der Waals surface area contributed by atoms with E-state index in [-0.39, 0.29) is 0 Å². The quantitative estimate of drug-likeness (QED) is 0.600. The van der Waals surface area contributed by atoms with E-state index in [1.54, 1.807) is 28.9 Å². The zero-order valence-corrected chi connectivity index (χ0v) is 14.8. The third-order valence-corrected chi connectivity index (χ3v) is 5.24. The molecule has 24 heavy (non-hydrogen) atoms. The molecule has 0 aliphatic rings. The smallest absolute Gasteiger partial charge is 0.164 e. The average molecular weight is 354 g/mol. The summed E-state index contributed by atoms with van der Waals surface area (Å²) in [7, 11) is 0. The first-order valence-electron chi connectivity index (χ1n) is 7.37. The van der Waals surface area contributed by atoms with Crippen LogP contribution in [0.3, 0.4) is 0 Å². The van der Waals surface area contributed by atoms with Crippen molar-refractivity contribution >= 4 is 39.5 Å². The molecule has 0 saturated carbocycles. The van der Waals surface area contributed by atoms with Gasteiger partial charge in [0.1, 0.15) is 17.2 Å². The van der Waals surface area contributed by atoms with Crippen molar-refractivity contribution < 1.29 is 0 Å². The van der Waals surface area contributed by atoms with Crippen molar-refractivity contribution in [2.24, 2.45) is 0 Å². The molecule has 0 bridgehead atoms. The number of rotatable bonds is 4. The fraction of sp³-hybridized carbons (Fsp3) is 0.188. The summed E-state index contributed by atoms with van der Waals surface area (Å²) in [6.07, 6.45) is 5.20. The van der Waals surface area contributed by atoms with E-state index in [4.69, 9.17) is 0 Å². The predicted molar refractivity (Wildman–Crippen MR) is 97.4 cm³/mol. The molecule has 0 aliphatic carbocycles. The number of nitrogens with zero attached hydrogens (tertiary/aromatic N) is 5. The Morgan fingerprint density at radius 3 is 2.75 bits per heavy atom. The first-order chi connectivity index (χ1) is 11.7. The minimum absolute atomic E-state index is 0.622.